The average Bonchev–Trinajstić information content (AvgIpc) is 2.71. The van der Waals surface area contributed by atoms with E-state index in [-0.39, 0.29) is 34.8 Å². The largest absolute Gasteiger partial charge is 0.487 e. The normalized spacial score (nSPS) is 11.2. The van der Waals surface area contributed by atoms with Gasteiger partial charge in [0.2, 0.25) is 10.0 Å². The highest BCUT2D eigenvalue weighted by atomic mass is 79.9. The van der Waals surface area contributed by atoms with Crippen molar-refractivity contribution in [2.24, 2.45) is 5.14 Å². The van der Waals surface area contributed by atoms with Crippen LogP contribution >= 0.6 is 15.9 Å². The maximum atomic E-state index is 12.3. The SMILES string of the molecule is CC(=O)c1cc(Br)cc(-c2cccc(C(=O)O)c2S(N)(=O)=O)c1OCc1ccccc1. The van der Waals surface area contributed by atoms with E-state index in [1.165, 1.54) is 19.1 Å². The van der Waals surface area contributed by atoms with E-state index in [1.54, 1.807) is 12.1 Å². The van der Waals surface area contributed by atoms with Crippen LogP contribution in [0.4, 0.5) is 0 Å². The molecular weight excluding hydrogens is 486 g/mol. The summed E-state index contributed by atoms with van der Waals surface area (Å²) in [5.41, 5.74) is 0.813. The number of Topliss-reactive ketones (excluding diaryl/α,β-unsaturated/α-hetero) is 1. The first-order valence-corrected chi connectivity index (χ1v) is 11.3. The van der Waals surface area contributed by atoms with Crippen LogP contribution in [0.3, 0.4) is 0 Å². The average molecular weight is 504 g/mol. The molecule has 7 nitrogen and oxygen atoms in total. The zero-order valence-corrected chi connectivity index (χ0v) is 18.7. The molecule has 0 aliphatic rings. The minimum atomic E-state index is -4.42. The van der Waals surface area contributed by atoms with Crippen molar-refractivity contribution in [2.45, 2.75) is 18.4 Å². The van der Waals surface area contributed by atoms with Crippen molar-refractivity contribution in [1.29, 1.82) is 0 Å². The van der Waals surface area contributed by atoms with E-state index in [9.17, 15) is 23.1 Å². The van der Waals surface area contributed by atoms with Gasteiger partial charge in [0.05, 0.1) is 11.1 Å². The standard InChI is InChI=1S/C22H18BrNO6S/c1-13(25)18-10-15(23)11-19(20(18)30-12-14-6-3-2-4-7-14)16-8-5-9-17(22(26)27)21(16)31(24,28)29/h2-11H,12H2,1H3,(H,26,27)(H2,24,28,29). The molecule has 3 N–H and O–H groups in total. The number of carboxylic acid groups (broad SMARTS) is 1. The predicted molar refractivity (Wildman–Crippen MR) is 119 cm³/mol. The molecule has 0 unspecified atom stereocenters. The molecule has 0 aromatic heterocycles. The van der Waals surface area contributed by atoms with Gasteiger partial charge in [-0.1, -0.05) is 58.4 Å². The van der Waals surface area contributed by atoms with Crippen LogP contribution in [0.2, 0.25) is 0 Å². The van der Waals surface area contributed by atoms with Crippen LogP contribution in [-0.2, 0) is 16.6 Å². The van der Waals surface area contributed by atoms with Crippen LogP contribution < -0.4 is 9.88 Å². The predicted octanol–water partition coefficient (Wildman–Crippen LogP) is 4.24. The number of primary sulfonamides is 1. The number of hydrogen-bond acceptors (Lipinski definition) is 5. The highest BCUT2D eigenvalue weighted by Gasteiger charge is 2.27. The van der Waals surface area contributed by atoms with Crippen LogP contribution in [0.5, 0.6) is 5.75 Å². The number of ketones is 1. The van der Waals surface area contributed by atoms with Crippen molar-refractivity contribution in [1.82, 2.24) is 0 Å². The lowest BCUT2D eigenvalue weighted by atomic mass is 9.98. The third-order valence-corrected chi connectivity index (χ3v) is 5.95. The summed E-state index contributed by atoms with van der Waals surface area (Å²) in [4.78, 5) is 23.5. The third-order valence-electron chi connectivity index (χ3n) is 4.48. The molecule has 0 saturated carbocycles. The molecule has 0 atom stereocenters. The van der Waals surface area contributed by atoms with Gasteiger partial charge in [-0.25, -0.2) is 18.4 Å². The molecule has 3 aromatic carbocycles. The number of aromatic carboxylic acids is 1. The molecule has 31 heavy (non-hydrogen) atoms. The first-order valence-electron chi connectivity index (χ1n) is 9.00. The monoisotopic (exact) mass is 503 g/mol. The Morgan fingerprint density at radius 2 is 1.68 bits per heavy atom. The van der Waals surface area contributed by atoms with Gasteiger partial charge in [-0.15, -0.1) is 0 Å². The quantitative estimate of drug-likeness (QED) is 0.464. The van der Waals surface area contributed by atoms with Gasteiger partial charge in [0.1, 0.15) is 17.3 Å². The van der Waals surface area contributed by atoms with Gasteiger partial charge in [0.15, 0.2) is 5.78 Å². The van der Waals surface area contributed by atoms with Crippen LogP contribution in [-0.4, -0.2) is 25.3 Å². The number of rotatable bonds is 7. The van der Waals surface area contributed by atoms with Gasteiger partial charge in [-0.05, 0) is 30.7 Å². The zero-order valence-electron chi connectivity index (χ0n) is 16.3. The van der Waals surface area contributed by atoms with Crippen LogP contribution in [0, 0.1) is 0 Å². The van der Waals surface area contributed by atoms with E-state index in [0.29, 0.717) is 4.47 Å². The van der Waals surface area contributed by atoms with Crippen LogP contribution in [0.1, 0.15) is 33.2 Å². The minimum Gasteiger partial charge on any atom is -0.487 e. The molecule has 0 radical (unpaired) electrons. The Morgan fingerprint density at radius 1 is 1.00 bits per heavy atom. The second-order valence-corrected chi connectivity index (χ2v) is 9.11. The smallest absolute Gasteiger partial charge is 0.337 e. The lowest BCUT2D eigenvalue weighted by molar-refractivity contribution is 0.0692. The van der Waals surface area contributed by atoms with Crippen LogP contribution in [0.15, 0.2) is 70.0 Å². The van der Waals surface area contributed by atoms with E-state index in [1.807, 2.05) is 30.3 Å². The number of carboxylic acids is 1. The Bertz CT molecular complexity index is 1270. The second kappa shape index (κ2) is 9.01. The summed E-state index contributed by atoms with van der Waals surface area (Å²) in [6, 6.07) is 16.3. The maximum absolute atomic E-state index is 12.3. The Labute approximate surface area is 187 Å². The van der Waals surface area contributed by atoms with Crippen molar-refractivity contribution < 1.29 is 27.9 Å². The summed E-state index contributed by atoms with van der Waals surface area (Å²) in [6.07, 6.45) is 0. The molecular formula is C22H18BrNO6S. The molecule has 0 amide bonds. The summed E-state index contributed by atoms with van der Waals surface area (Å²) < 4.78 is 31.1. The first kappa shape index (κ1) is 22.7. The highest BCUT2D eigenvalue weighted by Crippen LogP contribution is 2.40. The molecule has 0 aliphatic heterocycles. The highest BCUT2D eigenvalue weighted by molar-refractivity contribution is 9.10. The molecule has 0 fully saturated rings. The Kier molecular flexibility index (Phi) is 6.59. The van der Waals surface area contributed by atoms with Crippen LogP contribution in [0.25, 0.3) is 11.1 Å². The van der Waals surface area contributed by atoms with E-state index in [0.717, 1.165) is 11.6 Å². The summed E-state index contributed by atoms with van der Waals surface area (Å²) in [5.74, 6) is -1.62. The minimum absolute atomic E-state index is 0.0225. The summed E-state index contributed by atoms with van der Waals surface area (Å²) in [7, 11) is -4.42. The fraction of sp³-hybridized carbons (Fsp3) is 0.0909. The van der Waals surface area contributed by atoms with E-state index in [2.05, 4.69) is 15.9 Å². The molecule has 160 valence electrons. The topological polar surface area (TPSA) is 124 Å². The van der Waals surface area contributed by atoms with Gasteiger partial charge in [-0.2, -0.15) is 0 Å². The maximum Gasteiger partial charge on any atom is 0.337 e. The molecule has 0 saturated heterocycles. The number of sulfonamides is 1. The number of benzene rings is 3. The summed E-state index contributed by atoms with van der Waals surface area (Å²) in [6.45, 7) is 1.47. The number of nitrogens with two attached hydrogens (primary N) is 1. The molecule has 0 spiro atoms. The number of carbonyl (C=O) groups excluding carboxylic acids is 1. The number of carbonyl (C=O) groups is 2. The van der Waals surface area contributed by atoms with E-state index < -0.39 is 26.5 Å². The van der Waals surface area contributed by atoms with Crippen molar-refractivity contribution in [3.8, 4) is 16.9 Å². The van der Waals surface area contributed by atoms with E-state index >= 15 is 0 Å². The van der Waals surface area contributed by atoms with Crippen molar-refractivity contribution in [3.63, 3.8) is 0 Å². The molecule has 0 bridgehead atoms. The molecule has 3 aromatic rings. The summed E-state index contributed by atoms with van der Waals surface area (Å²) >= 11 is 3.33. The van der Waals surface area contributed by atoms with E-state index in [4.69, 9.17) is 9.88 Å². The van der Waals surface area contributed by atoms with Crippen molar-refractivity contribution >= 4 is 37.7 Å². The molecule has 9 heteroatoms. The third kappa shape index (κ3) is 5.01. The van der Waals surface area contributed by atoms with Crippen molar-refractivity contribution in [2.75, 3.05) is 0 Å². The molecule has 0 aliphatic carbocycles. The summed E-state index contributed by atoms with van der Waals surface area (Å²) in [5, 5.41) is 14.9. The fourth-order valence-corrected chi connectivity index (χ4v) is 4.57. The Hall–Kier alpha value is -3.01. The number of halogens is 1. The first-order chi connectivity index (χ1) is 14.6. The lowest BCUT2D eigenvalue weighted by Gasteiger charge is -2.18. The van der Waals surface area contributed by atoms with Gasteiger partial charge >= 0.3 is 5.97 Å². The lowest BCUT2D eigenvalue weighted by Crippen LogP contribution is -2.18. The fourth-order valence-electron chi connectivity index (χ4n) is 3.16. The number of hydrogen-bond donors (Lipinski definition) is 2. The Morgan fingerprint density at radius 3 is 2.26 bits per heavy atom. The zero-order chi connectivity index (χ0) is 22.8. The van der Waals surface area contributed by atoms with Gasteiger partial charge < -0.3 is 9.84 Å². The Balaban J connectivity index is 2.30. The number of ether oxygens (including phenoxy) is 1. The molecule has 3 rings (SSSR count). The molecule has 0 heterocycles. The van der Waals surface area contributed by atoms with Crippen molar-refractivity contribution in [3.05, 3.63) is 81.8 Å². The van der Waals surface area contributed by atoms with Gasteiger partial charge in [0, 0.05) is 15.6 Å². The van der Waals surface area contributed by atoms with Gasteiger partial charge in [-0.3, -0.25) is 4.79 Å². The van der Waals surface area contributed by atoms with Gasteiger partial charge in [0.25, 0.3) is 0 Å². The second-order valence-electron chi connectivity index (χ2n) is 6.69.